The maximum atomic E-state index is 13.5. The third-order valence-corrected chi connectivity index (χ3v) is 7.36. The zero-order valence-corrected chi connectivity index (χ0v) is 20.4. The maximum absolute atomic E-state index is 13.5. The Hall–Kier alpha value is -2.91. The number of rotatable bonds is 8. The number of nitrogens with one attached hydrogen (secondary N) is 1. The molecule has 0 aliphatic heterocycles. The molecule has 7 nitrogen and oxygen atoms in total. The van der Waals surface area contributed by atoms with Gasteiger partial charge in [-0.25, -0.2) is 13.8 Å². The minimum Gasteiger partial charge on any atom is -0.459 e. The molecule has 0 unspecified atom stereocenters. The summed E-state index contributed by atoms with van der Waals surface area (Å²) in [5.41, 5.74) is 4.59. The maximum Gasteiger partial charge on any atom is 0.264 e. The fourth-order valence-electron chi connectivity index (χ4n) is 3.07. The average molecular weight is 518 g/mol. The van der Waals surface area contributed by atoms with Crippen LogP contribution < -0.4 is 9.73 Å². The average Bonchev–Trinajstić information content (AvgIpc) is 3.09. The second-order valence-electron chi connectivity index (χ2n) is 7.15. The lowest BCUT2D eigenvalue weighted by atomic mass is 10.1. The number of anilines is 1. The molecule has 1 aromatic heterocycles. The van der Waals surface area contributed by atoms with Gasteiger partial charge in [0.05, 0.1) is 21.3 Å². The Morgan fingerprint density at radius 1 is 1.16 bits per heavy atom. The van der Waals surface area contributed by atoms with Crippen LogP contribution in [0.4, 0.5) is 5.69 Å². The molecule has 0 fully saturated rings. The highest BCUT2D eigenvalue weighted by molar-refractivity contribution is 9.10. The zero-order valence-electron chi connectivity index (χ0n) is 18.0. The van der Waals surface area contributed by atoms with Crippen LogP contribution in [0.2, 0.25) is 0 Å². The highest BCUT2D eigenvalue weighted by atomic mass is 79.9. The number of carbonyl (C=O) groups excluding carboxylic acids is 1. The first-order valence-electron chi connectivity index (χ1n) is 9.97. The Bertz CT molecular complexity index is 1210. The van der Waals surface area contributed by atoms with E-state index < -0.39 is 22.5 Å². The van der Waals surface area contributed by atoms with Crippen LogP contribution in [0, 0.1) is 13.8 Å². The van der Waals surface area contributed by atoms with Gasteiger partial charge in [0.1, 0.15) is 18.1 Å². The van der Waals surface area contributed by atoms with E-state index in [1.165, 1.54) is 6.21 Å². The smallest absolute Gasteiger partial charge is 0.264 e. The summed E-state index contributed by atoms with van der Waals surface area (Å²) in [4.78, 5) is 12.8. The third kappa shape index (κ3) is 5.46. The monoisotopic (exact) mass is 517 g/mol. The number of sulfonamides is 1. The van der Waals surface area contributed by atoms with Crippen molar-refractivity contribution < 1.29 is 17.6 Å². The summed E-state index contributed by atoms with van der Waals surface area (Å²) in [7, 11) is -3.98. The van der Waals surface area contributed by atoms with Crippen LogP contribution >= 0.6 is 15.9 Å². The predicted octanol–water partition coefficient (Wildman–Crippen LogP) is 4.57. The van der Waals surface area contributed by atoms with Crippen LogP contribution in [0.3, 0.4) is 0 Å². The number of amides is 1. The van der Waals surface area contributed by atoms with Crippen LogP contribution in [0.5, 0.6) is 0 Å². The SMILES string of the molecule is CCc1ccccc1N(CC(=O)N/N=C/c1cc(Br)c(C)o1)S(=O)(=O)c1ccc(C)cc1. The molecule has 168 valence electrons. The van der Waals surface area contributed by atoms with Gasteiger partial charge in [-0.3, -0.25) is 9.10 Å². The molecule has 1 N–H and O–H groups in total. The Morgan fingerprint density at radius 2 is 1.84 bits per heavy atom. The summed E-state index contributed by atoms with van der Waals surface area (Å²) in [6, 6.07) is 15.4. The molecular weight excluding hydrogens is 494 g/mol. The molecule has 0 atom stereocenters. The molecular formula is C23H24BrN3O4S. The molecule has 0 radical (unpaired) electrons. The first-order valence-corrected chi connectivity index (χ1v) is 12.2. The number of hydrazone groups is 1. The molecule has 3 aromatic rings. The van der Waals surface area contributed by atoms with Crippen LogP contribution in [0.1, 0.15) is 29.6 Å². The minimum absolute atomic E-state index is 0.112. The van der Waals surface area contributed by atoms with Gasteiger partial charge in [-0.2, -0.15) is 5.10 Å². The van der Waals surface area contributed by atoms with Crippen molar-refractivity contribution in [1.82, 2.24) is 5.43 Å². The molecule has 3 rings (SSSR count). The lowest BCUT2D eigenvalue weighted by Crippen LogP contribution is -2.40. The molecule has 0 aliphatic carbocycles. The van der Waals surface area contributed by atoms with Crippen molar-refractivity contribution in [2.24, 2.45) is 5.10 Å². The van der Waals surface area contributed by atoms with Crippen LogP contribution in [-0.4, -0.2) is 27.1 Å². The van der Waals surface area contributed by atoms with Gasteiger partial charge in [0, 0.05) is 6.07 Å². The molecule has 32 heavy (non-hydrogen) atoms. The van der Waals surface area contributed by atoms with Crippen LogP contribution in [0.25, 0.3) is 0 Å². The molecule has 0 spiro atoms. The third-order valence-electron chi connectivity index (χ3n) is 4.79. The predicted molar refractivity (Wildman–Crippen MR) is 128 cm³/mol. The molecule has 0 saturated carbocycles. The van der Waals surface area contributed by atoms with E-state index in [9.17, 15) is 13.2 Å². The first-order chi connectivity index (χ1) is 15.2. The van der Waals surface area contributed by atoms with Crippen molar-refractivity contribution in [2.75, 3.05) is 10.8 Å². The number of carbonyl (C=O) groups is 1. The molecule has 9 heteroatoms. The molecule has 0 bridgehead atoms. The van der Waals surface area contributed by atoms with E-state index in [0.29, 0.717) is 23.6 Å². The van der Waals surface area contributed by atoms with Crippen molar-refractivity contribution in [3.05, 3.63) is 81.7 Å². The van der Waals surface area contributed by atoms with Gasteiger partial charge in [0.25, 0.3) is 15.9 Å². The Kier molecular flexibility index (Phi) is 7.52. The highest BCUT2D eigenvalue weighted by Gasteiger charge is 2.28. The second-order valence-corrected chi connectivity index (χ2v) is 9.87. The summed E-state index contributed by atoms with van der Waals surface area (Å²) in [5.74, 6) is 0.560. The highest BCUT2D eigenvalue weighted by Crippen LogP contribution is 2.27. The number of nitrogens with zero attached hydrogens (tertiary/aromatic N) is 2. The van der Waals surface area contributed by atoms with Gasteiger partial charge in [-0.05, 0) is 60.0 Å². The van der Waals surface area contributed by atoms with E-state index in [2.05, 4.69) is 26.5 Å². The summed E-state index contributed by atoms with van der Waals surface area (Å²) in [6.45, 7) is 5.18. The molecule has 1 heterocycles. The van der Waals surface area contributed by atoms with Gasteiger partial charge in [-0.15, -0.1) is 0 Å². The van der Waals surface area contributed by atoms with Crippen molar-refractivity contribution in [3.63, 3.8) is 0 Å². The largest absolute Gasteiger partial charge is 0.459 e. The lowest BCUT2D eigenvalue weighted by Gasteiger charge is -2.25. The lowest BCUT2D eigenvalue weighted by molar-refractivity contribution is -0.119. The number of aryl methyl sites for hydroxylation is 3. The topological polar surface area (TPSA) is 92.0 Å². The Morgan fingerprint density at radius 3 is 2.47 bits per heavy atom. The Labute approximate surface area is 196 Å². The van der Waals surface area contributed by atoms with Crippen molar-refractivity contribution in [2.45, 2.75) is 32.1 Å². The number of hydrogen-bond donors (Lipinski definition) is 1. The van der Waals surface area contributed by atoms with E-state index in [0.717, 1.165) is 19.9 Å². The number of furan rings is 1. The fraction of sp³-hybridized carbons (Fsp3) is 0.217. The van der Waals surface area contributed by atoms with Crippen molar-refractivity contribution in [3.8, 4) is 0 Å². The number of halogens is 1. The molecule has 2 aromatic carbocycles. The second kappa shape index (κ2) is 10.1. The van der Waals surface area contributed by atoms with Crippen LogP contribution in [-0.2, 0) is 21.2 Å². The van der Waals surface area contributed by atoms with Crippen LogP contribution in [0.15, 0.2) is 73.5 Å². The fourth-order valence-corrected chi connectivity index (χ4v) is 4.83. The number of para-hydroxylation sites is 1. The molecule has 0 aliphatic rings. The van der Waals surface area contributed by atoms with Crippen molar-refractivity contribution >= 4 is 43.8 Å². The van der Waals surface area contributed by atoms with Gasteiger partial charge in [0.15, 0.2) is 0 Å². The zero-order chi connectivity index (χ0) is 23.3. The van der Waals surface area contributed by atoms with E-state index in [1.54, 1.807) is 49.4 Å². The minimum atomic E-state index is -3.98. The van der Waals surface area contributed by atoms with Gasteiger partial charge in [0.2, 0.25) is 0 Å². The van der Waals surface area contributed by atoms with E-state index >= 15 is 0 Å². The summed E-state index contributed by atoms with van der Waals surface area (Å²) in [6.07, 6.45) is 1.97. The van der Waals surface area contributed by atoms with E-state index in [-0.39, 0.29) is 4.90 Å². The van der Waals surface area contributed by atoms with Gasteiger partial charge in [-0.1, -0.05) is 42.8 Å². The first kappa shape index (κ1) is 23.7. The summed E-state index contributed by atoms with van der Waals surface area (Å²) >= 11 is 3.34. The van der Waals surface area contributed by atoms with E-state index in [4.69, 9.17) is 4.42 Å². The quantitative estimate of drug-likeness (QED) is 0.350. The van der Waals surface area contributed by atoms with E-state index in [1.807, 2.05) is 26.0 Å². The van der Waals surface area contributed by atoms with Gasteiger partial charge < -0.3 is 4.42 Å². The molecule has 0 saturated heterocycles. The summed E-state index contributed by atoms with van der Waals surface area (Å²) in [5, 5.41) is 3.89. The molecule has 1 amide bonds. The van der Waals surface area contributed by atoms with Gasteiger partial charge >= 0.3 is 0 Å². The Balaban J connectivity index is 1.88. The van der Waals surface area contributed by atoms with Crippen molar-refractivity contribution in [1.29, 1.82) is 0 Å². The normalized spacial score (nSPS) is 11.6. The summed E-state index contributed by atoms with van der Waals surface area (Å²) < 4.78 is 34.3. The number of hydrogen-bond acceptors (Lipinski definition) is 5. The standard InChI is InChI=1S/C23H24BrN3O4S/c1-4-18-7-5-6-8-22(18)27(32(29,30)20-11-9-16(2)10-12-20)15-23(28)26-25-14-19-13-21(24)17(3)31-19/h5-14H,4,15H2,1-3H3,(H,26,28)/b25-14+. The number of benzene rings is 2.